The molecule has 0 aliphatic heterocycles. The van der Waals surface area contributed by atoms with Crippen LogP contribution in [0.5, 0.6) is 0 Å². The molecule has 0 amide bonds. The van der Waals surface area contributed by atoms with Gasteiger partial charge in [0.1, 0.15) is 4.99 Å². The maximum atomic E-state index is 12.3. The van der Waals surface area contributed by atoms with Crippen molar-refractivity contribution < 1.29 is 0 Å². The summed E-state index contributed by atoms with van der Waals surface area (Å²) in [5.41, 5.74) is 6.79. The Bertz CT molecular complexity index is 495. The van der Waals surface area contributed by atoms with Crippen LogP contribution in [0.1, 0.15) is 51.9 Å². The lowest BCUT2D eigenvalue weighted by Gasteiger charge is -2.26. The quantitative estimate of drug-likeness (QED) is 0.822. The van der Waals surface area contributed by atoms with Crippen molar-refractivity contribution in [1.82, 2.24) is 4.57 Å². The number of pyridine rings is 1. The van der Waals surface area contributed by atoms with Gasteiger partial charge >= 0.3 is 0 Å². The van der Waals surface area contributed by atoms with Gasteiger partial charge in [-0.3, -0.25) is 4.79 Å². The van der Waals surface area contributed by atoms with Crippen LogP contribution < -0.4 is 11.3 Å². The Labute approximate surface area is 108 Å². The van der Waals surface area contributed by atoms with E-state index in [2.05, 4.69) is 20.8 Å². The third kappa shape index (κ3) is 2.75. The topological polar surface area (TPSA) is 48.0 Å². The van der Waals surface area contributed by atoms with E-state index in [9.17, 15) is 4.79 Å². The van der Waals surface area contributed by atoms with E-state index in [0.717, 1.165) is 5.69 Å². The van der Waals surface area contributed by atoms with Crippen LogP contribution in [0.2, 0.25) is 0 Å². The largest absolute Gasteiger partial charge is 0.389 e. The molecule has 1 rings (SSSR count). The molecule has 4 heteroatoms. The number of nitrogens with zero attached hydrogens (tertiary/aromatic N) is 1. The highest BCUT2D eigenvalue weighted by Gasteiger charge is 2.21. The van der Waals surface area contributed by atoms with Crippen molar-refractivity contribution in [2.45, 2.75) is 46.1 Å². The molecule has 1 aromatic heterocycles. The minimum atomic E-state index is -0.0973. The fraction of sp³-hybridized carbons (Fsp3) is 0.538. The summed E-state index contributed by atoms with van der Waals surface area (Å²) in [5, 5.41) is 0. The van der Waals surface area contributed by atoms with Crippen molar-refractivity contribution in [3.8, 4) is 0 Å². The fourth-order valence-corrected chi connectivity index (χ4v) is 2.02. The Morgan fingerprint density at radius 2 is 1.88 bits per heavy atom. The predicted octanol–water partition coefficient (Wildman–Crippen LogP) is 2.36. The van der Waals surface area contributed by atoms with E-state index in [1.165, 1.54) is 0 Å². The first-order valence-corrected chi connectivity index (χ1v) is 6.13. The Balaban J connectivity index is 3.63. The SMILES string of the molecule is CC(C)n1c(C(C)(C)C)ccc(C(N)=S)c1=O. The van der Waals surface area contributed by atoms with Crippen molar-refractivity contribution in [1.29, 1.82) is 0 Å². The molecular weight excluding hydrogens is 232 g/mol. The van der Waals surface area contributed by atoms with Gasteiger partial charge in [0.25, 0.3) is 5.56 Å². The highest BCUT2D eigenvalue weighted by atomic mass is 32.1. The number of nitrogens with two attached hydrogens (primary N) is 1. The minimum Gasteiger partial charge on any atom is -0.389 e. The molecule has 0 aliphatic rings. The van der Waals surface area contributed by atoms with Gasteiger partial charge in [-0.2, -0.15) is 0 Å². The van der Waals surface area contributed by atoms with Gasteiger partial charge in [0.05, 0.1) is 5.56 Å². The minimum absolute atomic E-state index is 0.0851. The number of aromatic nitrogens is 1. The number of rotatable bonds is 2. The fourth-order valence-electron chi connectivity index (χ4n) is 1.86. The molecule has 0 aromatic carbocycles. The van der Waals surface area contributed by atoms with Gasteiger partial charge in [-0.05, 0) is 26.0 Å². The third-order valence-corrected chi connectivity index (χ3v) is 2.89. The highest BCUT2D eigenvalue weighted by Crippen LogP contribution is 2.23. The lowest BCUT2D eigenvalue weighted by atomic mass is 9.90. The van der Waals surface area contributed by atoms with Gasteiger partial charge in [-0.25, -0.2) is 0 Å². The Hall–Kier alpha value is -1.16. The van der Waals surface area contributed by atoms with E-state index in [1.54, 1.807) is 10.6 Å². The summed E-state index contributed by atoms with van der Waals surface area (Å²) in [6.45, 7) is 10.2. The van der Waals surface area contributed by atoms with E-state index < -0.39 is 0 Å². The lowest BCUT2D eigenvalue weighted by Crippen LogP contribution is -2.35. The summed E-state index contributed by atoms with van der Waals surface area (Å²) in [7, 11) is 0. The van der Waals surface area contributed by atoms with Gasteiger partial charge in [0, 0.05) is 17.2 Å². The maximum Gasteiger partial charge on any atom is 0.261 e. The molecular formula is C13H20N2OS. The third-order valence-electron chi connectivity index (χ3n) is 2.67. The Morgan fingerprint density at radius 3 is 2.24 bits per heavy atom. The second-order valence-corrected chi connectivity index (χ2v) is 5.96. The van der Waals surface area contributed by atoms with E-state index in [0.29, 0.717) is 5.56 Å². The molecule has 0 aliphatic carbocycles. The smallest absolute Gasteiger partial charge is 0.261 e. The molecule has 0 radical (unpaired) electrons. The number of thiocarbonyl (C=S) groups is 1. The first kappa shape index (κ1) is 13.9. The predicted molar refractivity (Wildman–Crippen MR) is 75.7 cm³/mol. The Morgan fingerprint density at radius 1 is 1.35 bits per heavy atom. The first-order valence-electron chi connectivity index (χ1n) is 5.72. The summed E-state index contributed by atoms with van der Waals surface area (Å²) in [6.07, 6.45) is 0. The van der Waals surface area contributed by atoms with Crippen LogP contribution in [0, 0.1) is 0 Å². The molecule has 1 aromatic rings. The van der Waals surface area contributed by atoms with Crippen LogP contribution in [0.4, 0.5) is 0 Å². The maximum absolute atomic E-state index is 12.3. The average Bonchev–Trinajstić information content (AvgIpc) is 2.14. The molecule has 0 saturated carbocycles. The van der Waals surface area contributed by atoms with Gasteiger partial charge in [-0.1, -0.05) is 33.0 Å². The van der Waals surface area contributed by atoms with Gasteiger partial charge in [-0.15, -0.1) is 0 Å². The van der Waals surface area contributed by atoms with Gasteiger partial charge in [0.2, 0.25) is 0 Å². The van der Waals surface area contributed by atoms with Crippen molar-refractivity contribution in [2.24, 2.45) is 5.73 Å². The van der Waals surface area contributed by atoms with E-state index in [-0.39, 0.29) is 22.0 Å². The van der Waals surface area contributed by atoms with Crippen LogP contribution in [0.3, 0.4) is 0 Å². The van der Waals surface area contributed by atoms with Crippen LogP contribution in [-0.4, -0.2) is 9.56 Å². The normalized spacial score (nSPS) is 11.9. The molecule has 0 fully saturated rings. The second-order valence-electron chi connectivity index (χ2n) is 5.52. The molecule has 0 atom stereocenters. The lowest BCUT2D eigenvalue weighted by molar-refractivity contribution is 0.466. The van der Waals surface area contributed by atoms with E-state index in [1.807, 2.05) is 19.9 Å². The van der Waals surface area contributed by atoms with E-state index in [4.69, 9.17) is 18.0 Å². The zero-order valence-electron chi connectivity index (χ0n) is 11.1. The monoisotopic (exact) mass is 252 g/mol. The highest BCUT2D eigenvalue weighted by molar-refractivity contribution is 7.80. The molecule has 3 nitrogen and oxygen atoms in total. The molecule has 2 N–H and O–H groups in total. The average molecular weight is 252 g/mol. The molecule has 0 spiro atoms. The van der Waals surface area contributed by atoms with Crippen LogP contribution >= 0.6 is 12.2 Å². The first-order chi connectivity index (χ1) is 7.66. The van der Waals surface area contributed by atoms with Gasteiger partial charge in [0.15, 0.2) is 0 Å². The van der Waals surface area contributed by atoms with Gasteiger partial charge < -0.3 is 10.3 Å². The van der Waals surface area contributed by atoms with Crippen molar-refractivity contribution in [3.63, 3.8) is 0 Å². The summed E-state index contributed by atoms with van der Waals surface area (Å²) >= 11 is 4.90. The molecule has 0 saturated heterocycles. The zero-order chi connectivity index (χ0) is 13.4. The number of hydrogen-bond donors (Lipinski definition) is 1. The standard InChI is InChI=1S/C13H20N2OS/c1-8(2)15-10(13(3,4)5)7-6-9(11(14)17)12(15)16/h6-8H,1-5H3,(H2,14,17). The Kier molecular flexibility index (Phi) is 3.77. The summed E-state index contributed by atoms with van der Waals surface area (Å²) in [6, 6.07) is 3.76. The van der Waals surface area contributed by atoms with Crippen molar-refractivity contribution >= 4 is 17.2 Å². The van der Waals surface area contributed by atoms with Crippen molar-refractivity contribution in [3.05, 3.63) is 33.7 Å². The molecule has 0 unspecified atom stereocenters. The van der Waals surface area contributed by atoms with Crippen LogP contribution in [-0.2, 0) is 5.41 Å². The molecule has 17 heavy (non-hydrogen) atoms. The zero-order valence-corrected chi connectivity index (χ0v) is 11.9. The van der Waals surface area contributed by atoms with E-state index >= 15 is 0 Å². The summed E-state index contributed by atoms with van der Waals surface area (Å²) in [5.74, 6) is 0. The summed E-state index contributed by atoms with van der Waals surface area (Å²) < 4.78 is 1.77. The molecule has 1 heterocycles. The van der Waals surface area contributed by atoms with Crippen molar-refractivity contribution in [2.75, 3.05) is 0 Å². The molecule has 94 valence electrons. The van der Waals surface area contributed by atoms with Crippen LogP contribution in [0.25, 0.3) is 0 Å². The van der Waals surface area contributed by atoms with Crippen LogP contribution in [0.15, 0.2) is 16.9 Å². The number of hydrogen-bond acceptors (Lipinski definition) is 2. The molecule has 0 bridgehead atoms. The second kappa shape index (κ2) is 4.61. The summed E-state index contributed by atoms with van der Waals surface area (Å²) in [4.78, 5) is 12.5.